The van der Waals surface area contributed by atoms with E-state index in [1.165, 1.54) is 7.11 Å². The summed E-state index contributed by atoms with van der Waals surface area (Å²) in [6, 6.07) is 1.67. The number of carbonyl (C=O) groups is 2. The third-order valence-corrected chi connectivity index (χ3v) is 1.69. The summed E-state index contributed by atoms with van der Waals surface area (Å²) in [5, 5.41) is 0. The van der Waals surface area contributed by atoms with Gasteiger partial charge in [0.1, 0.15) is 6.42 Å². The van der Waals surface area contributed by atoms with Gasteiger partial charge >= 0.3 is 5.97 Å². The number of methoxy groups -OCH3 is 1. The van der Waals surface area contributed by atoms with Crippen LogP contribution >= 0.6 is 0 Å². The third kappa shape index (κ3) is 2.43. The number of rotatable bonds is 3. The molecule has 0 radical (unpaired) electrons. The Kier molecular flexibility index (Phi) is 2.84. The molecule has 4 heteroatoms. The molecule has 0 saturated carbocycles. The lowest BCUT2D eigenvalue weighted by Crippen LogP contribution is -2.08. The van der Waals surface area contributed by atoms with Gasteiger partial charge in [-0.25, -0.2) is 0 Å². The summed E-state index contributed by atoms with van der Waals surface area (Å²) >= 11 is 0. The summed E-state index contributed by atoms with van der Waals surface area (Å²) in [5.74, 6) is -0.721. The van der Waals surface area contributed by atoms with Gasteiger partial charge in [0, 0.05) is 25.0 Å². The van der Waals surface area contributed by atoms with Gasteiger partial charge in [-0.15, -0.1) is 0 Å². The van der Waals surface area contributed by atoms with Gasteiger partial charge in [0.2, 0.25) is 0 Å². The zero-order valence-electron chi connectivity index (χ0n) is 7.61. The fourth-order valence-electron chi connectivity index (χ4n) is 0.974. The summed E-state index contributed by atoms with van der Waals surface area (Å²) in [5.41, 5.74) is 0.535. The van der Waals surface area contributed by atoms with Crippen molar-refractivity contribution in [3.8, 4) is 0 Å². The lowest BCUT2D eigenvalue weighted by atomic mass is 10.2. The number of hydrogen-bond donors (Lipinski definition) is 0. The van der Waals surface area contributed by atoms with Crippen molar-refractivity contribution in [2.45, 2.75) is 6.42 Å². The van der Waals surface area contributed by atoms with Crippen molar-refractivity contribution in [3.63, 3.8) is 0 Å². The van der Waals surface area contributed by atoms with E-state index in [1.54, 1.807) is 23.0 Å². The number of ketones is 1. The molecule has 1 heterocycles. The first-order valence-corrected chi connectivity index (χ1v) is 3.85. The molecule has 0 aliphatic heterocycles. The minimum atomic E-state index is -0.506. The number of aromatic nitrogens is 1. The first-order valence-electron chi connectivity index (χ1n) is 3.85. The van der Waals surface area contributed by atoms with E-state index in [9.17, 15) is 9.59 Å². The molecule has 0 bridgehead atoms. The Morgan fingerprint density at radius 1 is 1.54 bits per heavy atom. The van der Waals surface area contributed by atoms with Crippen LogP contribution < -0.4 is 0 Å². The van der Waals surface area contributed by atoms with Crippen molar-refractivity contribution in [2.75, 3.05) is 7.11 Å². The third-order valence-electron chi connectivity index (χ3n) is 1.69. The summed E-state index contributed by atoms with van der Waals surface area (Å²) in [6.45, 7) is 0. The van der Waals surface area contributed by atoms with E-state index in [-0.39, 0.29) is 12.2 Å². The van der Waals surface area contributed by atoms with E-state index in [2.05, 4.69) is 4.74 Å². The van der Waals surface area contributed by atoms with Crippen LogP contribution in [0, 0.1) is 0 Å². The average Bonchev–Trinajstić information content (AvgIpc) is 2.51. The number of esters is 1. The Hall–Kier alpha value is -1.58. The number of ether oxygens (including phenoxy) is 1. The quantitative estimate of drug-likeness (QED) is 0.393. The number of hydrogen-bond acceptors (Lipinski definition) is 3. The highest BCUT2D eigenvalue weighted by Crippen LogP contribution is 2.04. The second kappa shape index (κ2) is 3.89. The normalized spacial score (nSPS) is 9.69. The van der Waals surface area contributed by atoms with Crippen LogP contribution in [-0.2, 0) is 16.6 Å². The van der Waals surface area contributed by atoms with Crippen LogP contribution in [0.1, 0.15) is 16.8 Å². The first-order chi connectivity index (χ1) is 6.13. The molecule has 1 rings (SSSR count). The molecule has 1 aromatic rings. The van der Waals surface area contributed by atoms with Crippen molar-refractivity contribution in [3.05, 3.63) is 24.0 Å². The van der Waals surface area contributed by atoms with Gasteiger partial charge in [-0.05, 0) is 6.07 Å². The van der Waals surface area contributed by atoms with Crippen LogP contribution in [0.15, 0.2) is 18.5 Å². The zero-order valence-corrected chi connectivity index (χ0v) is 7.61. The number of aryl methyl sites for hydroxylation is 1. The molecule has 13 heavy (non-hydrogen) atoms. The second-order valence-electron chi connectivity index (χ2n) is 2.74. The number of carbonyl (C=O) groups excluding carboxylic acids is 2. The van der Waals surface area contributed by atoms with Crippen molar-refractivity contribution >= 4 is 11.8 Å². The smallest absolute Gasteiger partial charge is 0.313 e. The summed E-state index contributed by atoms with van der Waals surface area (Å²) in [6.07, 6.45) is 3.23. The molecule has 0 N–H and O–H groups in total. The van der Waals surface area contributed by atoms with E-state index in [4.69, 9.17) is 0 Å². The van der Waals surface area contributed by atoms with E-state index >= 15 is 0 Å². The maximum atomic E-state index is 11.3. The second-order valence-corrected chi connectivity index (χ2v) is 2.74. The van der Waals surface area contributed by atoms with E-state index in [0.29, 0.717) is 5.56 Å². The molecule has 1 aromatic heterocycles. The monoisotopic (exact) mass is 181 g/mol. The molecule has 0 amide bonds. The standard InChI is InChI=1S/C9H11NO3/c1-10-4-3-7(6-10)8(11)5-9(12)13-2/h3-4,6H,5H2,1-2H3. The molecule has 0 unspecified atom stereocenters. The van der Waals surface area contributed by atoms with E-state index < -0.39 is 5.97 Å². The minimum Gasteiger partial charge on any atom is -0.469 e. The SMILES string of the molecule is COC(=O)CC(=O)c1ccn(C)c1. The van der Waals surface area contributed by atoms with Gasteiger partial charge < -0.3 is 9.30 Å². The largest absolute Gasteiger partial charge is 0.469 e. The van der Waals surface area contributed by atoms with Crippen LogP contribution in [-0.4, -0.2) is 23.4 Å². The molecular formula is C9H11NO3. The molecule has 0 saturated heterocycles. The van der Waals surface area contributed by atoms with Crippen LogP contribution in [0.5, 0.6) is 0 Å². The van der Waals surface area contributed by atoms with Gasteiger partial charge in [0.15, 0.2) is 5.78 Å². The zero-order chi connectivity index (χ0) is 9.84. The minimum absolute atomic E-state index is 0.194. The van der Waals surface area contributed by atoms with Gasteiger partial charge in [-0.2, -0.15) is 0 Å². The lowest BCUT2D eigenvalue weighted by Gasteiger charge is -1.96. The van der Waals surface area contributed by atoms with E-state index in [0.717, 1.165) is 0 Å². The fourth-order valence-corrected chi connectivity index (χ4v) is 0.974. The Balaban J connectivity index is 2.64. The lowest BCUT2D eigenvalue weighted by molar-refractivity contribution is -0.139. The molecule has 0 fully saturated rings. The van der Waals surface area contributed by atoms with E-state index in [1.807, 2.05) is 7.05 Å². The number of Topliss-reactive ketones (excluding diaryl/α,β-unsaturated/α-hetero) is 1. The first kappa shape index (κ1) is 9.51. The summed E-state index contributed by atoms with van der Waals surface area (Å²) in [4.78, 5) is 22.1. The van der Waals surface area contributed by atoms with Gasteiger partial charge in [-0.3, -0.25) is 9.59 Å². The molecular weight excluding hydrogens is 170 g/mol. The molecule has 0 spiro atoms. The topological polar surface area (TPSA) is 48.3 Å². The van der Waals surface area contributed by atoms with Crippen LogP contribution in [0.3, 0.4) is 0 Å². The van der Waals surface area contributed by atoms with Gasteiger partial charge in [-0.1, -0.05) is 0 Å². The highest BCUT2D eigenvalue weighted by Gasteiger charge is 2.12. The molecule has 70 valence electrons. The maximum Gasteiger partial charge on any atom is 0.313 e. The van der Waals surface area contributed by atoms with Gasteiger partial charge in [0.25, 0.3) is 0 Å². The molecule has 0 aliphatic carbocycles. The molecule has 4 nitrogen and oxygen atoms in total. The highest BCUT2D eigenvalue weighted by molar-refractivity contribution is 6.05. The van der Waals surface area contributed by atoms with Crippen LogP contribution in [0.2, 0.25) is 0 Å². The molecule has 0 aromatic carbocycles. The summed E-state index contributed by atoms with van der Waals surface area (Å²) in [7, 11) is 3.08. The average molecular weight is 181 g/mol. The van der Waals surface area contributed by atoms with Crippen molar-refractivity contribution in [1.29, 1.82) is 0 Å². The Labute approximate surface area is 76.1 Å². The maximum absolute atomic E-state index is 11.3. The highest BCUT2D eigenvalue weighted by atomic mass is 16.5. The number of nitrogens with zero attached hydrogens (tertiary/aromatic N) is 1. The van der Waals surface area contributed by atoms with Crippen molar-refractivity contribution in [2.24, 2.45) is 7.05 Å². The predicted molar refractivity (Wildman–Crippen MR) is 46.4 cm³/mol. The predicted octanol–water partition coefficient (Wildman–Crippen LogP) is 0.771. The van der Waals surface area contributed by atoms with Crippen LogP contribution in [0.4, 0.5) is 0 Å². The fraction of sp³-hybridized carbons (Fsp3) is 0.333. The molecule has 0 aliphatic rings. The Morgan fingerprint density at radius 3 is 2.69 bits per heavy atom. The summed E-state index contributed by atoms with van der Waals surface area (Å²) < 4.78 is 6.14. The Bertz CT molecular complexity index is 327. The molecule has 0 atom stereocenters. The van der Waals surface area contributed by atoms with Gasteiger partial charge in [0.05, 0.1) is 7.11 Å². The van der Waals surface area contributed by atoms with Crippen molar-refractivity contribution in [1.82, 2.24) is 4.57 Å². The van der Waals surface area contributed by atoms with Crippen LogP contribution in [0.25, 0.3) is 0 Å². The Morgan fingerprint density at radius 2 is 2.23 bits per heavy atom. The van der Waals surface area contributed by atoms with Crippen molar-refractivity contribution < 1.29 is 14.3 Å².